The molecule has 0 amide bonds. The highest BCUT2D eigenvalue weighted by Crippen LogP contribution is 2.43. The molecule has 1 heterocycles. The van der Waals surface area contributed by atoms with E-state index in [1.54, 1.807) is 0 Å². The van der Waals surface area contributed by atoms with Crippen LogP contribution in [0, 0.1) is 0 Å². The quantitative estimate of drug-likeness (QED) is 0.133. The van der Waals surface area contributed by atoms with Crippen LogP contribution >= 0.6 is 0 Å². The van der Waals surface area contributed by atoms with Crippen molar-refractivity contribution in [3.8, 4) is 72.4 Å². The lowest BCUT2D eigenvalue weighted by atomic mass is 9.97. The van der Waals surface area contributed by atoms with Crippen molar-refractivity contribution >= 4 is 38.9 Å². The van der Waals surface area contributed by atoms with E-state index in [4.69, 9.17) is 0 Å². The maximum absolute atomic E-state index is 2.42. The van der Waals surface area contributed by atoms with Crippen LogP contribution in [0.2, 0.25) is 0 Å². The van der Waals surface area contributed by atoms with Crippen molar-refractivity contribution in [1.82, 2.24) is 4.57 Å². The first-order chi connectivity index (χ1) is 33.7. The Kier molecular flexibility index (Phi) is 10.6. The Morgan fingerprint density at radius 3 is 1.10 bits per heavy atom. The Bertz CT molecular complexity index is 3530. The van der Waals surface area contributed by atoms with Gasteiger partial charge in [-0.25, -0.2) is 0 Å². The molecule has 0 bridgehead atoms. The lowest BCUT2D eigenvalue weighted by Gasteiger charge is -2.26. The second-order valence-corrected chi connectivity index (χ2v) is 17.3. The van der Waals surface area contributed by atoms with Crippen molar-refractivity contribution in [1.29, 1.82) is 0 Å². The average molecular weight is 867 g/mol. The molecule has 2 heteroatoms. The van der Waals surface area contributed by atoms with Gasteiger partial charge in [-0.1, -0.05) is 218 Å². The first-order valence-corrected chi connectivity index (χ1v) is 23.3. The van der Waals surface area contributed by atoms with Crippen LogP contribution in [0.25, 0.3) is 94.3 Å². The Morgan fingerprint density at radius 2 is 0.618 bits per heavy atom. The summed E-state index contributed by atoms with van der Waals surface area (Å²) in [5, 5.41) is 2.46. The average Bonchev–Trinajstić information content (AvgIpc) is 3.76. The molecule has 12 rings (SSSR count). The molecule has 0 N–H and O–H groups in total. The first-order valence-electron chi connectivity index (χ1n) is 23.3. The number of aromatic nitrogens is 1. The summed E-state index contributed by atoms with van der Waals surface area (Å²) in [6, 6.07) is 101. The Balaban J connectivity index is 0.956. The third-order valence-corrected chi connectivity index (χ3v) is 13.2. The van der Waals surface area contributed by atoms with E-state index in [0.717, 1.165) is 28.3 Å². The van der Waals surface area contributed by atoms with Crippen molar-refractivity contribution in [3.63, 3.8) is 0 Å². The SMILES string of the molecule is c1ccc(-c2ccc(-c3ccc(N(c4ccc(-c5ccc(-c6ccccc6)cc5)cc4)c4cccc(-c5cccc6c5c5ccc(-c7ccccc7)cc5n6-c5ccccc5)c4)cc3)cc2)cc1. The third-order valence-electron chi connectivity index (χ3n) is 13.2. The van der Waals surface area contributed by atoms with E-state index in [1.165, 1.54) is 83.0 Å². The summed E-state index contributed by atoms with van der Waals surface area (Å²) < 4.78 is 2.42. The van der Waals surface area contributed by atoms with Crippen molar-refractivity contribution in [2.24, 2.45) is 0 Å². The highest BCUT2D eigenvalue weighted by Gasteiger charge is 2.19. The number of fused-ring (bicyclic) bond motifs is 3. The maximum atomic E-state index is 2.42. The van der Waals surface area contributed by atoms with E-state index in [1.807, 2.05) is 0 Å². The summed E-state index contributed by atoms with van der Waals surface area (Å²) in [5.74, 6) is 0. The first kappa shape index (κ1) is 40.5. The van der Waals surface area contributed by atoms with Crippen LogP contribution in [0.1, 0.15) is 0 Å². The van der Waals surface area contributed by atoms with Crippen molar-refractivity contribution in [3.05, 3.63) is 279 Å². The molecule has 0 aliphatic carbocycles. The van der Waals surface area contributed by atoms with Crippen LogP contribution in [-0.2, 0) is 0 Å². The van der Waals surface area contributed by atoms with Crippen LogP contribution in [0.5, 0.6) is 0 Å². The topological polar surface area (TPSA) is 8.17 Å². The van der Waals surface area contributed by atoms with Gasteiger partial charge < -0.3 is 9.47 Å². The fraction of sp³-hybridized carbons (Fsp3) is 0. The van der Waals surface area contributed by atoms with Gasteiger partial charge in [-0.05, 0) is 127 Å². The van der Waals surface area contributed by atoms with E-state index in [2.05, 4.69) is 289 Å². The summed E-state index contributed by atoms with van der Waals surface area (Å²) in [7, 11) is 0. The predicted molar refractivity (Wildman–Crippen MR) is 288 cm³/mol. The molecule has 0 fully saturated rings. The largest absolute Gasteiger partial charge is 0.310 e. The number of nitrogens with zero attached hydrogens (tertiary/aromatic N) is 2. The molecule has 0 saturated carbocycles. The second kappa shape index (κ2) is 17.8. The van der Waals surface area contributed by atoms with Gasteiger partial charge in [0.2, 0.25) is 0 Å². The summed E-state index contributed by atoms with van der Waals surface area (Å²) in [4.78, 5) is 2.38. The zero-order valence-electron chi connectivity index (χ0n) is 37.5. The number of para-hydroxylation sites is 1. The minimum atomic E-state index is 1.08. The molecule has 2 nitrogen and oxygen atoms in total. The zero-order chi connectivity index (χ0) is 45.2. The standard InChI is InChI=1S/C66H46N2/c1-5-15-47(16-6-1)50-27-31-52(32-28-50)54-35-40-59(41-36-54)67(60-42-37-55(38-43-60)53-33-29-51(30-34-53)48-17-7-2-8-18-48)61-24-13-21-57(45-61)62-25-14-26-64-66(62)63-44-39-56(49-19-9-3-10-20-49)46-65(63)68(64)58-22-11-4-12-23-58/h1-46H. The molecule has 0 atom stereocenters. The van der Waals surface area contributed by atoms with Crippen molar-refractivity contribution in [2.45, 2.75) is 0 Å². The minimum Gasteiger partial charge on any atom is -0.310 e. The molecule has 12 aromatic rings. The molecule has 320 valence electrons. The van der Waals surface area contributed by atoms with Gasteiger partial charge in [0.1, 0.15) is 0 Å². The van der Waals surface area contributed by atoms with E-state index in [-0.39, 0.29) is 0 Å². The van der Waals surface area contributed by atoms with Gasteiger partial charge in [0.15, 0.2) is 0 Å². The number of hydrogen-bond donors (Lipinski definition) is 0. The summed E-state index contributed by atoms with van der Waals surface area (Å²) in [6.45, 7) is 0. The van der Waals surface area contributed by atoms with Gasteiger partial charge in [-0.15, -0.1) is 0 Å². The van der Waals surface area contributed by atoms with Crippen LogP contribution < -0.4 is 4.90 Å². The molecular formula is C66H46N2. The Morgan fingerprint density at radius 1 is 0.235 bits per heavy atom. The molecule has 0 aliphatic heterocycles. The van der Waals surface area contributed by atoms with E-state index >= 15 is 0 Å². The molecule has 0 radical (unpaired) electrons. The van der Waals surface area contributed by atoms with Crippen LogP contribution in [0.4, 0.5) is 17.1 Å². The fourth-order valence-corrected chi connectivity index (χ4v) is 9.81. The molecule has 0 unspecified atom stereocenters. The molecule has 1 aromatic heterocycles. The van der Waals surface area contributed by atoms with Gasteiger partial charge >= 0.3 is 0 Å². The number of benzene rings is 11. The molecule has 11 aromatic carbocycles. The van der Waals surface area contributed by atoms with E-state index < -0.39 is 0 Å². The van der Waals surface area contributed by atoms with Crippen LogP contribution in [0.3, 0.4) is 0 Å². The minimum absolute atomic E-state index is 1.08. The summed E-state index contributed by atoms with van der Waals surface area (Å²) in [6.07, 6.45) is 0. The summed E-state index contributed by atoms with van der Waals surface area (Å²) >= 11 is 0. The number of hydrogen-bond acceptors (Lipinski definition) is 1. The highest BCUT2D eigenvalue weighted by atomic mass is 15.1. The van der Waals surface area contributed by atoms with Gasteiger partial charge in [0, 0.05) is 33.5 Å². The predicted octanol–water partition coefficient (Wildman–Crippen LogP) is 18.3. The van der Waals surface area contributed by atoms with E-state index in [9.17, 15) is 0 Å². The van der Waals surface area contributed by atoms with Crippen LogP contribution in [0.15, 0.2) is 279 Å². The normalized spacial score (nSPS) is 11.2. The monoisotopic (exact) mass is 866 g/mol. The lowest BCUT2D eigenvalue weighted by Crippen LogP contribution is -2.10. The molecule has 68 heavy (non-hydrogen) atoms. The smallest absolute Gasteiger partial charge is 0.0547 e. The lowest BCUT2D eigenvalue weighted by molar-refractivity contribution is 1.18. The van der Waals surface area contributed by atoms with Crippen LogP contribution in [-0.4, -0.2) is 4.57 Å². The van der Waals surface area contributed by atoms with Gasteiger partial charge in [-0.2, -0.15) is 0 Å². The maximum Gasteiger partial charge on any atom is 0.0547 e. The van der Waals surface area contributed by atoms with Crippen molar-refractivity contribution in [2.75, 3.05) is 4.90 Å². The second-order valence-electron chi connectivity index (χ2n) is 17.3. The highest BCUT2D eigenvalue weighted by molar-refractivity contribution is 6.16. The Hall–Kier alpha value is -8.98. The van der Waals surface area contributed by atoms with Gasteiger partial charge in [-0.3, -0.25) is 0 Å². The molecule has 0 spiro atoms. The fourth-order valence-electron chi connectivity index (χ4n) is 9.81. The van der Waals surface area contributed by atoms with Gasteiger partial charge in [0.05, 0.1) is 11.0 Å². The Labute approximate surface area is 397 Å². The molecule has 0 aliphatic rings. The van der Waals surface area contributed by atoms with E-state index in [0.29, 0.717) is 0 Å². The number of rotatable bonds is 10. The zero-order valence-corrected chi connectivity index (χ0v) is 37.5. The third kappa shape index (κ3) is 7.74. The molecule has 0 saturated heterocycles. The number of anilines is 3. The molecular weight excluding hydrogens is 821 g/mol. The van der Waals surface area contributed by atoms with Crippen molar-refractivity contribution < 1.29 is 0 Å². The summed E-state index contributed by atoms with van der Waals surface area (Å²) in [5.41, 5.74) is 21.1. The van der Waals surface area contributed by atoms with Gasteiger partial charge in [0.25, 0.3) is 0 Å².